The molecule has 124 valence electrons. The molecule has 1 heterocycles. The largest absolute Gasteiger partial charge is 0.490 e. The van der Waals surface area contributed by atoms with Gasteiger partial charge in [-0.3, -0.25) is 0 Å². The Hall–Kier alpha value is -1.14. The van der Waals surface area contributed by atoms with Gasteiger partial charge in [0.2, 0.25) is 0 Å². The van der Waals surface area contributed by atoms with Crippen LogP contribution in [0.5, 0.6) is 5.75 Å². The number of aliphatic hydroxyl groups excluding tert-OH is 2. The van der Waals surface area contributed by atoms with Crippen LogP contribution >= 0.6 is 0 Å². The van der Waals surface area contributed by atoms with Crippen molar-refractivity contribution >= 4 is 0 Å². The van der Waals surface area contributed by atoms with Crippen molar-refractivity contribution in [2.75, 3.05) is 52.5 Å². The van der Waals surface area contributed by atoms with Crippen LogP contribution in [-0.2, 0) is 0 Å². The summed E-state index contributed by atoms with van der Waals surface area (Å²) in [5.41, 5.74) is 2.22. The molecule has 0 radical (unpaired) electrons. The van der Waals surface area contributed by atoms with Gasteiger partial charge in [0.1, 0.15) is 57.7 Å². The van der Waals surface area contributed by atoms with Gasteiger partial charge in [0.15, 0.2) is 0 Å². The topological polar surface area (TPSA) is 58.6 Å². The number of benzene rings is 1. The van der Waals surface area contributed by atoms with Crippen molar-refractivity contribution in [1.82, 2.24) is 0 Å². The SMILES string of the molecule is Cc1cccc(C)c1OC[C@H](O)C[NH+]1CC[NH+](CCO)CC1. The van der Waals surface area contributed by atoms with Crippen LogP contribution in [0.1, 0.15) is 11.1 Å². The number of nitrogens with one attached hydrogen (secondary N) is 2. The van der Waals surface area contributed by atoms with Gasteiger partial charge in [0.25, 0.3) is 0 Å². The Morgan fingerprint density at radius 2 is 1.68 bits per heavy atom. The molecular weight excluding hydrogens is 280 g/mol. The molecule has 0 saturated carbocycles. The summed E-state index contributed by atoms with van der Waals surface area (Å²) in [6.07, 6.45) is -0.437. The molecular formula is C17H30N2O3+2. The van der Waals surface area contributed by atoms with E-state index in [9.17, 15) is 5.11 Å². The lowest BCUT2D eigenvalue weighted by atomic mass is 10.1. The molecule has 0 aromatic heterocycles. The van der Waals surface area contributed by atoms with Gasteiger partial charge in [-0.15, -0.1) is 0 Å². The van der Waals surface area contributed by atoms with Crippen molar-refractivity contribution in [3.8, 4) is 5.75 Å². The number of ether oxygens (including phenoxy) is 1. The van der Waals surface area contributed by atoms with E-state index in [0.717, 1.165) is 56.1 Å². The molecule has 0 spiro atoms. The van der Waals surface area contributed by atoms with Crippen LogP contribution < -0.4 is 14.5 Å². The minimum Gasteiger partial charge on any atom is -0.490 e. The van der Waals surface area contributed by atoms with E-state index in [0.29, 0.717) is 6.61 Å². The van der Waals surface area contributed by atoms with Gasteiger partial charge in [-0.25, -0.2) is 0 Å². The third-order valence-corrected chi connectivity index (χ3v) is 4.48. The Morgan fingerprint density at radius 3 is 2.27 bits per heavy atom. The summed E-state index contributed by atoms with van der Waals surface area (Å²) >= 11 is 0. The van der Waals surface area contributed by atoms with Crippen LogP contribution in [0.25, 0.3) is 0 Å². The fraction of sp³-hybridized carbons (Fsp3) is 0.647. The zero-order valence-corrected chi connectivity index (χ0v) is 13.8. The van der Waals surface area contributed by atoms with E-state index in [-0.39, 0.29) is 6.61 Å². The number of para-hydroxylation sites is 1. The summed E-state index contributed by atoms with van der Waals surface area (Å²) in [6, 6.07) is 6.08. The van der Waals surface area contributed by atoms with E-state index < -0.39 is 6.10 Å². The van der Waals surface area contributed by atoms with E-state index in [1.165, 1.54) is 9.80 Å². The highest BCUT2D eigenvalue weighted by Gasteiger charge is 2.24. The molecule has 1 fully saturated rings. The smallest absolute Gasteiger partial charge is 0.137 e. The molecule has 1 aromatic carbocycles. The highest BCUT2D eigenvalue weighted by molar-refractivity contribution is 5.39. The van der Waals surface area contributed by atoms with Crippen molar-refractivity contribution < 1.29 is 24.7 Å². The van der Waals surface area contributed by atoms with E-state index in [1.807, 2.05) is 32.0 Å². The number of quaternary nitrogens is 2. The Balaban J connectivity index is 1.73. The van der Waals surface area contributed by atoms with Gasteiger partial charge in [-0.1, -0.05) is 18.2 Å². The van der Waals surface area contributed by atoms with Gasteiger partial charge in [0.05, 0.1) is 6.61 Å². The standard InChI is InChI=1S/C17H28N2O3/c1-14-4-3-5-15(2)17(14)22-13-16(21)12-19-8-6-18(7-9-19)10-11-20/h3-5,16,20-21H,6-13H2,1-2H3/p+2/t16-/m1/s1. The third-order valence-electron chi connectivity index (χ3n) is 4.48. The second-order valence-electron chi connectivity index (χ2n) is 6.36. The first-order chi connectivity index (χ1) is 10.6. The van der Waals surface area contributed by atoms with E-state index >= 15 is 0 Å². The third kappa shape index (κ3) is 4.95. The average Bonchev–Trinajstić information content (AvgIpc) is 2.49. The quantitative estimate of drug-likeness (QED) is 0.463. The van der Waals surface area contributed by atoms with Crippen LogP contribution in [0.4, 0.5) is 0 Å². The lowest BCUT2D eigenvalue weighted by Crippen LogP contribution is -3.28. The molecule has 0 amide bonds. The van der Waals surface area contributed by atoms with Crippen LogP contribution in [-0.4, -0.2) is 68.8 Å². The van der Waals surface area contributed by atoms with Crippen molar-refractivity contribution in [2.45, 2.75) is 20.0 Å². The van der Waals surface area contributed by atoms with Gasteiger partial charge >= 0.3 is 0 Å². The first-order valence-electron chi connectivity index (χ1n) is 8.25. The summed E-state index contributed by atoms with van der Waals surface area (Å²) in [5, 5.41) is 19.2. The number of aryl methyl sites for hydroxylation is 2. The molecule has 1 saturated heterocycles. The van der Waals surface area contributed by atoms with Gasteiger partial charge in [-0.2, -0.15) is 0 Å². The Morgan fingerprint density at radius 1 is 1.09 bits per heavy atom. The Bertz CT molecular complexity index is 439. The molecule has 0 aliphatic carbocycles. The average molecular weight is 310 g/mol. The van der Waals surface area contributed by atoms with Crippen LogP contribution in [0, 0.1) is 13.8 Å². The Labute approximate surface area is 133 Å². The van der Waals surface area contributed by atoms with Crippen LogP contribution in [0.3, 0.4) is 0 Å². The number of aliphatic hydroxyl groups is 2. The predicted molar refractivity (Wildman–Crippen MR) is 85.6 cm³/mol. The summed E-state index contributed by atoms with van der Waals surface area (Å²) in [5.74, 6) is 0.897. The number of hydrogen-bond acceptors (Lipinski definition) is 3. The first-order valence-corrected chi connectivity index (χ1v) is 8.25. The molecule has 1 aliphatic heterocycles. The van der Waals surface area contributed by atoms with Crippen molar-refractivity contribution in [1.29, 1.82) is 0 Å². The first kappa shape index (κ1) is 17.2. The van der Waals surface area contributed by atoms with Crippen molar-refractivity contribution in [3.63, 3.8) is 0 Å². The maximum atomic E-state index is 10.2. The summed E-state index contributed by atoms with van der Waals surface area (Å²) in [4.78, 5) is 2.90. The van der Waals surface area contributed by atoms with E-state index in [1.54, 1.807) is 0 Å². The number of piperazine rings is 1. The number of hydrogen-bond donors (Lipinski definition) is 4. The molecule has 5 heteroatoms. The molecule has 22 heavy (non-hydrogen) atoms. The maximum Gasteiger partial charge on any atom is 0.137 e. The monoisotopic (exact) mass is 310 g/mol. The second kappa shape index (κ2) is 8.48. The van der Waals surface area contributed by atoms with E-state index in [4.69, 9.17) is 9.84 Å². The van der Waals surface area contributed by atoms with Crippen LogP contribution in [0.2, 0.25) is 0 Å². The molecule has 0 bridgehead atoms. The number of rotatable bonds is 7. The van der Waals surface area contributed by atoms with Crippen molar-refractivity contribution in [2.24, 2.45) is 0 Å². The predicted octanol–water partition coefficient (Wildman–Crippen LogP) is -2.18. The zero-order valence-electron chi connectivity index (χ0n) is 13.8. The lowest BCUT2D eigenvalue weighted by Gasteiger charge is -2.30. The van der Waals surface area contributed by atoms with Gasteiger partial charge in [-0.05, 0) is 25.0 Å². The second-order valence-corrected chi connectivity index (χ2v) is 6.36. The molecule has 0 unspecified atom stereocenters. The zero-order chi connectivity index (χ0) is 15.9. The summed E-state index contributed by atoms with van der Waals surface area (Å²) in [7, 11) is 0. The molecule has 1 aromatic rings. The minimum atomic E-state index is -0.437. The molecule has 1 aliphatic rings. The fourth-order valence-electron chi connectivity index (χ4n) is 3.17. The minimum absolute atomic E-state index is 0.261. The lowest BCUT2D eigenvalue weighted by molar-refractivity contribution is -1.01. The highest BCUT2D eigenvalue weighted by atomic mass is 16.5. The van der Waals surface area contributed by atoms with Gasteiger partial charge < -0.3 is 24.7 Å². The fourth-order valence-corrected chi connectivity index (χ4v) is 3.17. The molecule has 1 atom stereocenters. The summed E-state index contributed by atoms with van der Waals surface area (Å²) in [6.45, 7) is 10.5. The van der Waals surface area contributed by atoms with Gasteiger partial charge in [0, 0.05) is 0 Å². The molecule has 5 nitrogen and oxygen atoms in total. The highest BCUT2D eigenvalue weighted by Crippen LogP contribution is 2.22. The summed E-state index contributed by atoms with van der Waals surface area (Å²) < 4.78 is 5.83. The van der Waals surface area contributed by atoms with Crippen LogP contribution in [0.15, 0.2) is 18.2 Å². The van der Waals surface area contributed by atoms with Crippen molar-refractivity contribution in [3.05, 3.63) is 29.3 Å². The molecule has 2 rings (SSSR count). The van der Waals surface area contributed by atoms with E-state index in [2.05, 4.69) is 0 Å². The molecule has 4 N–H and O–H groups in total. The normalized spacial score (nSPS) is 23.3. The maximum absolute atomic E-state index is 10.2. The Kier molecular flexibility index (Phi) is 6.64.